The summed E-state index contributed by atoms with van der Waals surface area (Å²) in [4.78, 5) is 4.42. The summed E-state index contributed by atoms with van der Waals surface area (Å²) in [5.41, 5.74) is 1.84. The van der Waals surface area contributed by atoms with Gasteiger partial charge < -0.3 is 0 Å². The molecule has 5 heteroatoms. The topological polar surface area (TPSA) is 41.6 Å². The lowest BCUT2D eigenvalue weighted by Crippen LogP contribution is -1.90. The molecular formula is C16H14FN3S. The molecule has 0 atom stereocenters. The van der Waals surface area contributed by atoms with Gasteiger partial charge in [-0.25, -0.2) is 9.37 Å². The number of nitrogens with zero attached hydrogens (tertiary/aromatic N) is 2. The van der Waals surface area contributed by atoms with E-state index in [0.29, 0.717) is 22.9 Å². The minimum atomic E-state index is -0.190. The number of hydrogen-bond donors (Lipinski definition) is 1. The van der Waals surface area contributed by atoms with E-state index in [0.717, 1.165) is 5.82 Å². The highest BCUT2D eigenvalue weighted by Gasteiger charge is 2.07. The van der Waals surface area contributed by atoms with Gasteiger partial charge in [0.05, 0.1) is 0 Å². The zero-order valence-electron chi connectivity index (χ0n) is 11.3. The van der Waals surface area contributed by atoms with Crippen molar-refractivity contribution in [2.75, 3.05) is 0 Å². The molecule has 2 aromatic carbocycles. The Balaban J connectivity index is 1.62. The minimum absolute atomic E-state index is 0.190. The van der Waals surface area contributed by atoms with E-state index in [1.807, 2.05) is 24.3 Å². The third-order valence-electron chi connectivity index (χ3n) is 3.04. The molecule has 0 aliphatic carbocycles. The average molecular weight is 299 g/mol. The van der Waals surface area contributed by atoms with Crippen LogP contribution in [0.2, 0.25) is 0 Å². The van der Waals surface area contributed by atoms with Crippen LogP contribution in [-0.2, 0) is 12.2 Å². The maximum Gasteiger partial charge on any atom is 0.208 e. The second kappa shape index (κ2) is 6.54. The van der Waals surface area contributed by atoms with Crippen LogP contribution in [0.1, 0.15) is 17.0 Å². The molecule has 0 aliphatic rings. The maximum atomic E-state index is 13.5. The van der Waals surface area contributed by atoms with Crippen LogP contribution in [0.5, 0.6) is 0 Å². The molecule has 0 unspecified atom stereocenters. The van der Waals surface area contributed by atoms with Gasteiger partial charge in [0.25, 0.3) is 0 Å². The first-order valence-corrected chi connectivity index (χ1v) is 7.61. The predicted molar refractivity (Wildman–Crippen MR) is 81.6 cm³/mol. The van der Waals surface area contributed by atoms with Crippen molar-refractivity contribution >= 4 is 11.8 Å². The van der Waals surface area contributed by atoms with Crippen LogP contribution < -0.4 is 0 Å². The summed E-state index contributed by atoms with van der Waals surface area (Å²) in [6.45, 7) is 0. The smallest absolute Gasteiger partial charge is 0.208 e. The number of aromatic amines is 1. The third-order valence-corrected chi connectivity index (χ3v) is 3.94. The first-order chi connectivity index (χ1) is 10.3. The number of nitrogens with one attached hydrogen (secondary N) is 1. The number of H-pyrrole nitrogens is 1. The van der Waals surface area contributed by atoms with Crippen LogP contribution >= 0.6 is 11.8 Å². The van der Waals surface area contributed by atoms with Gasteiger partial charge in [-0.05, 0) is 17.2 Å². The Morgan fingerprint density at radius 1 is 1.00 bits per heavy atom. The van der Waals surface area contributed by atoms with Gasteiger partial charge in [0.2, 0.25) is 5.16 Å². The van der Waals surface area contributed by atoms with Gasteiger partial charge >= 0.3 is 0 Å². The molecule has 1 heterocycles. The van der Waals surface area contributed by atoms with Crippen LogP contribution in [0.3, 0.4) is 0 Å². The van der Waals surface area contributed by atoms with Gasteiger partial charge in [-0.3, -0.25) is 5.10 Å². The normalized spacial score (nSPS) is 10.7. The molecule has 3 aromatic rings. The predicted octanol–water partition coefficient (Wildman–Crippen LogP) is 3.83. The summed E-state index contributed by atoms with van der Waals surface area (Å²) in [7, 11) is 0. The number of thioether (sulfide) groups is 1. The number of aromatic nitrogens is 3. The van der Waals surface area contributed by atoms with Gasteiger partial charge in [0.15, 0.2) is 0 Å². The van der Waals surface area contributed by atoms with Crippen LogP contribution in [0, 0.1) is 5.82 Å². The molecule has 0 spiro atoms. The molecule has 1 N–H and O–H groups in total. The largest absolute Gasteiger partial charge is 0.262 e. The lowest BCUT2D eigenvalue weighted by Gasteiger charge is -1.99. The molecule has 106 valence electrons. The quantitative estimate of drug-likeness (QED) is 0.728. The van der Waals surface area contributed by atoms with Crippen molar-refractivity contribution in [3.8, 4) is 0 Å². The zero-order valence-corrected chi connectivity index (χ0v) is 12.1. The minimum Gasteiger partial charge on any atom is -0.262 e. The van der Waals surface area contributed by atoms with Crippen molar-refractivity contribution in [1.82, 2.24) is 15.2 Å². The summed E-state index contributed by atoms with van der Waals surface area (Å²) < 4.78 is 13.5. The van der Waals surface area contributed by atoms with Crippen molar-refractivity contribution in [1.29, 1.82) is 0 Å². The number of rotatable bonds is 5. The van der Waals surface area contributed by atoms with E-state index in [-0.39, 0.29) is 5.82 Å². The van der Waals surface area contributed by atoms with E-state index in [9.17, 15) is 4.39 Å². The summed E-state index contributed by atoms with van der Waals surface area (Å²) in [6, 6.07) is 16.8. The SMILES string of the molecule is Fc1ccccc1CSc1n[nH]c(Cc2ccccc2)n1. The lowest BCUT2D eigenvalue weighted by molar-refractivity contribution is 0.617. The Bertz CT molecular complexity index is 712. The van der Waals surface area contributed by atoms with E-state index in [1.54, 1.807) is 12.1 Å². The maximum absolute atomic E-state index is 13.5. The van der Waals surface area contributed by atoms with Crippen molar-refractivity contribution in [3.63, 3.8) is 0 Å². The first-order valence-electron chi connectivity index (χ1n) is 6.62. The van der Waals surface area contributed by atoms with Gasteiger partial charge in [-0.1, -0.05) is 60.3 Å². The van der Waals surface area contributed by atoms with Crippen LogP contribution in [0.15, 0.2) is 59.8 Å². The van der Waals surface area contributed by atoms with E-state index >= 15 is 0 Å². The molecule has 0 radical (unpaired) electrons. The highest BCUT2D eigenvalue weighted by atomic mass is 32.2. The fraction of sp³-hybridized carbons (Fsp3) is 0.125. The zero-order chi connectivity index (χ0) is 14.5. The first kappa shape index (κ1) is 13.8. The highest BCUT2D eigenvalue weighted by Crippen LogP contribution is 2.21. The third kappa shape index (κ3) is 3.70. The standard InChI is InChI=1S/C16H14FN3S/c17-14-9-5-4-8-13(14)11-21-16-18-15(19-20-16)10-12-6-2-1-3-7-12/h1-9H,10-11H2,(H,18,19,20). The van der Waals surface area contributed by atoms with Crippen LogP contribution in [0.25, 0.3) is 0 Å². The Kier molecular flexibility index (Phi) is 4.31. The molecule has 3 nitrogen and oxygen atoms in total. The molecular weight excluding hydrogens is 285 g/mol. The van der Waals surface area contributed by atoms with Crippen molar-refractivity contribution in [2.45, 2.75) is 17.3 Å². The van der Waals surface area contributed by atoms with Gasteiger partial charge in [-0.2, -0.15) is 0 Å². The van der Waals surface area contributed by atoms with Crippen LogP contribution in [0.4, 0.5) is 4.39 Å². The monoisotopic (exact) mass is 299 g/mol. The molecule has 0 amide bonds. The Hall–Kier alpha value is -2.14. The summed E-state index contributed by atoms with van der Waals surface area (Å²) in [5, 5.41) is 7.73. The van der Waals surface area contributed by atoms with Gasteiger partial charge in [0.1, 0.15) is 11.6 Å². The average Bonchev–Trinajstić information content (AvgIpc) is 2.95. The fourth-order valence-electron chi connectivity index (χ4n) is 1.97. The molecule has 0 bridgehead atoms. The van der Waals surface area contributed by atoms with E-state index in [1.165, 1.54) is 23.4 Å². The number of benzene rings is 2. The lowest BCUT2D eigenvalue weighted by atomic mass is 10.1. The molecule has 0 aliphatic heterocycles. The number of hydrogen-bond acceptors (Lipinski definition) is 3. The fourth-order valence-corrected chi connectivity index (χ4v) is 2.77. The van der Waals surface area contributed by atoms with Gasteiger partial charge in [0, 0.05) is 12.2 Å². The second-order valence-corrected chi connectivity index (χ2v) is 5.55. The van der Waals surface area contributed by atoms with Crippen molar-refractivity contribution in [3.05, 3.63) is 77.4 Å². The van der Waals surface area contributed by atoms with E-state index in [4.69, 9.17) is 0 Å². The van der Waals surface area contributed by atoms with Crippen molar-refractivity contribution in [2.24, 2.45) is 0 Å². The Labute approximate surface area is 126 Å². The van der Waals surface area contributed by atoms with E-state index < -0.39 is 0 Å². The summed E-state index contributed by atoms with van der Waals surface area (Å²) in [5.74, 6) is 1.15. The molecule has 1 aromatic heterocycles. The molecule has 0 saturated heterocycles. The van der Waals surface area contributed by atoms with Gasteiger partial charge in [-0.15, -0.1) is 5.10 Å². The van der Waals surface area contributed by atoms with Crippen molar-refractivity contribution < 1.29 is 4.39 Å². The molecule has 0 saturated carbocycles. The highest BCUT2D eigenvalue weighted by molar-refractivity contribution is 7.98. The summed E-state index contributed by atoms with van der Waals surface area (Å²) in [6.07, 6.45) is 0.716. The van der Waals surface area contributed by atoms with E-state index in [2.05, 4.69) is 27.3 Å². The number of halogens is 1. The Morgan fingerprint density at radius 2 is 1.76 bits per heavy atom. The Morgan fingerprint density at radius 3 is 2.57 bits per heavy atom. The molecule has 3 rings (SSSR count). The molecule has 0 fully saturated rings. The van der Waals surface area contributed by atoms with Crippen LogP contribution in [-0.4, -0.2) is 15.2 Å². The molecule has 21 heavy (non-hydrogen) atoms. The second-order valence-electron chi connectivity index (χ2n) is 4.61. The summed E-state index contributed by atoms with van der Waals surface area (Å²) >= 11 is 1.43.